The van der Waals surface area contributed by atoms with E-state index in [1.54, 1.807) is 7.11 Å². The Morgan fingerprint density at radius 3 is 2.93 bits per heavy atom. The summed E-state index contributed by atoms with van der Waals surface area (Å²) in [5, 5.41) is 7.96. The zero-order valence-corrected chi connectivity index (χ0v) is 16.9. The molecule has 0 spiro atoms. The van der Waals surface area contributed by atoms with Gasteiger partial charge in [0, 0.05) is 11.8 Å². The number of aryl methyl sites for hydroxylation is 2. The Labute approximate surface area is 164 Å². The fraction of sp³-hybridized carbons (Fsp3) is 0.333. The molecule has 0 aliphatic rings. The predicted octanol–water partition coefficient (Wildman–Crippen LogP) is 2.90. The van der Waals surface area contributed by atoms with Crippen molar-refractivity contribution in [3.63, 3.8) is 0 Å². The number of carbonyl (C=O) groups excluding carboxylic acids is 1. The Balaban J connectivity index is 1.61. The summed E-state index contributed by atoms with van der Waals surface area (Å²) in [7, 11) is 1.57. The lowest BCUT2D eigenvalue weighted by atomic mass is 10.2. The molecule has 0 aliphatic heterocycles. The number of carbonyl (C=O) groups is 1. The van der Waals surface area contributed by atoms with E-state index in [9.17, 15) is 9.59 Å². The van der Waals surface area contributed by atoms with E-state index < -0.39 is 0 Å². The van der Waals surface area contributed by atoms with Crippen molar-refractivity contribution in [1.82, 2.24) is 14.6 Å². The van der Waals surface area contributed by atoms with E-state index in [2.05, 4.69) is 15.4 Å². The molecule has 0 saturated heterocycles. The van der Waals surface area contributed by atoms with Crippen LogP contribution in [0.2, 0.25) is 0 Å². The van der Waals surface area contributed by atoms with Gasteiger partial charge < -0.3 is 10.1 Å². The van der Waals surface area contributed by atoms with E-state index in [-0.39, 0.29) is 17.2 Å². The summed E-state index contributed by atoms with van der Waals surface area (Å²) in [6.07, 6.45) is 0.764. The molecule has 3 aromatic rings. The highest BCUT2D eigenvalue weighted by atomic mass is 32.2. The Bertz CT molecular complexity index is 1030. The molecule has 0 fully saturated rings. The largest absolute Gasteiger partial charge is 0.495 e. The zero-order valence-electron chi connectivity index (χ0n) is 15.3. The van der Waals surface area contributed by atoms with E-state index >= 15 is 0 Å². The number of amides is 1. The highest BCUT2D eigenvalue weighted by Gasteiger charge is 2.11. The van der Waals surface area contributed by atoms with Gasteiger partial charge in [-0.25, -0.2) is 4.98 Å². The van der Waals surface area contributed by atoms with Crippen molar-refractivity contribution in [2.75, 3.05) is 18.2 Å². The molecular weight excluding hydrogens is 384 g/mol. The van der Waals surface area contributed by atoms with Crippen LogP contribution in [-0.4, -0.2) is 33.4 Å². The number of ether oxygens (including phenoxy) is 1. The standard InChI is InChI=1S/C18H20N4O3S2/c1-4-16-21-22-17(24)8-12(19-18(22)27-16)9-26-10-15(23)20-13-7-11(2)5-6-14(13)25-3/h5-8H,4,9-10H2,1-3H3,(H,20,23). The number of aromatic nitrogens is 3. The second kappa shape index (κ2) is 8.53. The first kappa shape index (κ1) is 19.4. The molecule has 9 heteroatoms. The van der Waals surface area contributed by atoms with Gasteiger partial charge in [0.2, 0.25) is 10.9 Å². The number of hydrogen-bond donors (Lipinski definition) is 1. The van der Waals surface area contributed by atoms with E-state index in [4.69, 9.17) is 4.74 Å². The summed E-state index contributed by atoms with van der Waals surface area (Å²) >= 11 is 2.81. The maximum atomic E-state index is 12.2. The number of fused-ring (bicyclic) bond motifs is 1. The van der Waals surface area contributed by atoms with Crippen LogP contribution < -0.4 is 15.6 Å². The number of thioether (sulfide) groups is 1. The number of methoxy groups -OCH3 is 1. The first-order valence-electron chi connectivity index (χ1n) is 8.41. The summed E-state index contributed by atoms with van der Waals surface area (Å²) in [5.74, 6) is 1.22. The Kier molecular flexibility index (Phi) is 6.12. The Morgan fingerprint density at radius 2 is 2.19 bits per heavy atom. The van der Waals surface area contributed by atoms with E-state index in [0.717, 1.165) is 17.0 Å². The van der Waals surface area contributed by atoms with Crippen molar-refractivity contribution in [1.29, 1.82) is 0 Å². The summed E-state index contributed by atoms with van der Waals surface area (Å²) in [6, 6.07) is 7.09. The average molecular weight is 405 g/mol. The van der Waals surface area contributed by atoms with Gasteiger partial charge in [0.25, 0.3) is 5.56 Å². The highest BCUT2D eigenvalue weighted by Crippen LogP contribution is 2.25. The van der Waals surface area contributed by atoms with Crippen LogP contribution in [0.25, 0.3) is 4.96 Å². The third-order valence-electron chi connectivity index (χ3n) is 3.75. The molecule has 2 heterocycles. The molecule has 1 aromatic carbocycles. The van der Waals surface area contributed by atoms with Crippen molar-refractivity contribution in [3.05, 3.63) is 50.9 Å². The van der Waals surface area contributed by atoms with Gasteiger partial charge >= 0.3 is 0 Å². The first-order valence-corrected chi connectivity index (χ1v) is 10.4. The summed E-state index contributed by atoms with van der Waals surface area (Å²) in [4.78, 5) is 29.4. The monoisotopic (exact) mass is 404 g/mol. The minimum atomic E-state index is -0.194. The smallest absolute Gasteiger partial charge is 0.275 e. The zero-order chi connectivity index (χ0) is 19.4. The Hall–Kier alpha value is -2.39. The second-order valence-electron chi connectivity index (χ2n) is 5.87. The van der Waals surface area contributed by atoms with Gasteiger partial charge in [0.1, 0.15) is 10.8 Å². The molecule has 27 heavy (non-hydrogen) atoms. The molecule has 7 nitrogen and oxygen atoms in total. The van der Waals surface area contributed by atoms with Crippen LogP contribution in [0.3, 0.4) is 0 Å². The molecule has 0 atom stereocenters. The fourth-order valence-corrected chi connectivity index (χ4v) is 4.04. The van der Waals surface area contributed by atoms with Crippen molar-refractivity contribution in [2.45, 2.75) is 26.0 Å². The molecule has 142 valence electrons. The van der Waals surface area contributed by atoms with Crippen molar-refractivity contribution < 1.29 is 9.53 Å². The van der Waals surface area contributed by atoms with Gasteiger partial charge in [-0.2, -0.15) is 9.61 Å². The van der Waals surface area contributed by atoms with Crippen molar-refractivity contribution in [3.8, 4) is 5.75 Å². The Morgan fingerprint density at radius 1 is 1.37 bits per heavy atom. The van der Waals surface area contributed by atoms with E-state index in [1.807, 2.05) is 32.0 Å². The normalized spacial score (nSPS) is 10.9. The summed E-state index contributed by atoms with van der Waals surface area (Å²) in [6.45, 7) is 3.94. The summed E-state index contributed by atoms with van der Waals surface area (Å²) in [5.41, 5.74) is 2.14. The molecule has 0 radical (unpaired) electrons. The minimum Gasteiger partial charge on any atom is -0.495 e. The van der Waals surface area contributed by atoms with E-state index in [0.29, 0.717) is 27.8 Å². The molecule has 0 saturated carbocycles. The molecule has 1 N–H and O–H groups in total. The van der Waals surface area contributed by atoms with Gasteiger partial charge in [0.15, 0.2) is 0 Å². The van der Waals surface area contributed by atoms with Crippen LogP contribution >= 0.6 is 23.1 Å². The third-order valence-corrected chi connectivity index (χ3v) is 5.77. The lowest BCUT2D eigenvalue weighted by molar-refractivity contribution is -0.113. The van der Waals surface area contributed by atoms with Crippen LogP contribution in [0.5, 0.6) is 5.75 Å². The topological polar surface area (TPSA) is 85.6 Å². The minimum absolute atomic E-state index is 0.132. The number of nitrogens with one attached hydrogen (secondary N) is 1. The number of hydrogen-bond acceptors (Lipinski definition) is 7. The molecular formula is C18H20N4O3S2. The number of benzene rings is 1. The van der Waals surface area contributed by atoms with Gasteiger partial charge in [-0.1, -0.05) is 24.3 Å². The first-order chi connectivity index (χ1) is 13.0. The predicted molar refractivity (Wildman–Crippen MR) is 109 cm³/mol. The van der Waals surface area contributed by atoms with Crippen molar-refractivity contribution in [2.24, 2.45) is 0 Å². The lowest BCUT2D eigenvalue weighted by Gasteiger charge is -2.10. The molecule has 0 aliphatic carbocycles. The maximum Gasteiger partial charge on any atom is 0.275 e. The third kappa shape index (κ3) is 4.67. The lowest BCUT2D eigenvalue weighted by Crippen LogP contribution is -2.16. The van der Waals surface area contributed by atoms with Gasteiger partial charge in [-0.05, 0) is 31.0 Å². The second-order valence-corrected chi connectivity index (χ2v) is 7.90. The van der Waals surface area contributed by atoms with Gasteiger partial charge in [0.05, 0.1) is 24.2 Å². The quantitative estimate of drug-likeness (QED) is 0.652. The molecule has 1 amide bonds. The van der Waals surface area contributed by atoms with Crippen LogP contribution in [0.1, 0.15) is 23.2 Å². The fourth-order valence-electron chi connectivity index (χ4n) is 2.47. The van der Waals surface area contributed by atoms with E-state index in [1.165, 1.54) is 33.7 Å². The van der Waals surface area contributed by atoms with Crippen LogP contribution in [0.15, 0.2) is 29.1 Å². The number of nitrogens with zero attached hydrogens (tertiary/aromatic N) is 3. The van der Waals surface area contributed by atoms with Crippen LogP contribution in [-0.2, 0) is 17.0 Å². The number of anilines is 1. The number of rotatable bonds is 7. The molecule has 0 unspecified atom stereocenters. The average Bonchev–Trinajstić information content (AvgIpc) is 3.06. The molecule has 0 bridgehead atoms. The van der Waals surface area contributed by atoms with Crippen molar-refractivity contribution >= 4 is 39.7 Å². The van der Waals surface area contributed by atoms with Crippen LogP contribution in [0, 0.1) is 6.92 Å². The summed E-state index contributed by atoms with van der Waals surface area (Å²) < 4.78 is 6.59. The van der Waals surface area contributed by atoms with Crippen LogP contribution in [0.4, 0.5) is 5.69 Å². The van der Waals surface area contributed by atoms with Gasteiger partial charge in [-0.15, -0.1) is 11.8 Å². The molecule has 3 rings (SSSR count). The molecule has 2 aromatic heterocycles. The maximum absolute atomic E-state index is 12.2. The highest BCUT2D eigenvalue weighted by molar-refractivity contribution is 7.99. The SMILES string of the molecule is CCc1nn2c(=O)cc(CSCC(=O)Nc3cc(C)ccc3OC)nc2s1. The van der Waals surface area contributed by atoms with Gasteiger partial charge in [-0.3, -0.25) is 9.59 Å².